The van der Waals surface area contributed by atoms with Crippen LogP contribution < -0.4 is 16.8 Å². The Morgan fingerprint density at radius 3 is 2.19 bits per heavy atom. The lowest BCUT2D eigenvalue weighted by Gasteiger charge is -2.25. The number of anilines is 2. The van der Waals surface area contributed by atoms with Gasteiger partial charge in [-0.2, -0.15) is 0 Å². The van der Waals surface area contributed by atoms with Crippen molar-refractivity contribution >= 4 is 17.3 Å². The van der Waals surface area contributed by atoms with Gasteiger partial charge in [0, 0.05) is 28.9 Å². The number of nitrogens with one attached hydrogen (secondary N) is 1. The van der Waals surface area contributed by atoms with Crippen LogP contribution in [0.15, 0.2) is 48.5 Å². The first kappa shape index (κ1) is 14.9. The topological polar surface area (TPSA) is 81.1 Å². The molecule has 0 aliphatic heterocycles. The van der Waals surface area contributed by atoms with Gasteiger partial charge in [-0.25, -0.2) is 0 Å². The third-order valence-electron chi connectivity index (χ3n) is 3.49. The van der Waals surface area contributed by atoms with Crippen molar-refractivity contribution in [3.8, 4) is 0 Å². The quantitative estimate of drug-likeness (QED) is 0.754. The third-order valence-corrected chi connectivity index (χ3v) is 3.49. The van der Waals surface area contributed by atoms with E-state index in [0.29, 0.717) is 23.5 Å². The Balaban J connectivity index is 2.07. The summed E-state index contributed by atoms with van der Waals surface area (Å²) >= 11 is 0. The van der Waals surface area contributed by atoms with Gasteiger partial charge in [-0.05, 0) is 23.8 Å². The largest absolute Gasteiger partial charge is 0.399 e. The summed E-state index contributed by atoms with van der Waals surface area (Å²) in [6, 6.07) is 15.0. The van der Waals surface area contributed by atoms with E-state index in [1.54, 1.807) is 18.2 Å². The zero-order valence-corrected chi connectivity index (χ0v) is 12.4. The van der Waals surface area contributed by atoms with Crippen LogP contribution in [0.5, 0.6) is 0 Å². The van der Waals surface area contributed by atoms with E-state index < -0.39 is 0 Å². The Bertz CT molecular complexity index is 615. The fourth-order valence-corrected chi connectivity index (χ4v) is 2.20. The van der Waals surface area contributed by atoms with Crippen molar-refractivity contribution in [2.45, 2.75) is 19.3 Å². The second-order valence-electron chi connectivity index (χ2n) is 5.82. The van der Waals surface area contributed by atoms with Gasteiger partial charge < -0.3 is 16.8 Å². The minimum absolute atomic E-state index is 0.150. The van der Waals surface area contributed by atoms with Gasteiger partial charge >= 0.3 is 0 Å². The lowest BCUT2D eigenvalue weighted by Crippen LogP contribution is -2.36. The summed E-state index contributed by atoms with van der Waals surface area (Å²) in [5.41, 5.74) is 13.9. The summed E-state index contributed by atoms with van der Waals surface area (Å²) in [6.07, 6.45) is 0. The second kappa shape index (κ2) is 5.87. The minimum Gasteiger partial charge on any atom is -0.399 e. The van der Waals surface area contributed by atoms with E-state index in [1.807, 2.05) is 18.2 Å². The fourth-order valence-electron chi connectivity index (χ4n) is 2.20. The maximum atomic E-state index is 12.2. The molecule has 0 fully saturated rings. The standard InChI is InChI=1S/C17H21N3O/c1-17(2,13-6-4-3-5-7-13)11-20-16(21)12-8-14(18)10-15(19)9-12/h3-10H,11,18-19H2,1-2H3,(H,20,21). The molecular weight excluding hydrogens is 262 g/mol. The van der Waals surface area contributed by atoms with Crippen LogP contribution in [-0.2, 0) is 5.41 Å². The SMILES string of the molecule is CC(C)(CNC(=O)c1cc(N)cc(N)c1)c1ccccc1. The van der Waals surface area contributed by atoms with Crippen molar-refractivity contribution in [2.24, 2.45) is 0 Å². The van der Waals surface area contributed by atoms with E-state index in [1.165, 1.54) is 5.56 Å². The molecule has 0 radical (unpaired) electrons. The molecule has 21 heavy (non-hydrogen) atoms. The van der Waals surface area contributed by atoms with Gasteiger partial charge in [0.25, 0.3) is 5.91 Å². The van der Waals surface area contributed by atoms with Crippen LogP contribution in [0.1, 0.15) is 29.8 Å². The first-order valence-corrected chi connectivity index (χ1v) is 6.88. The first-order valence-electron chi connectivity index (χ1n) is 6.88. The predicted octanol–water partition coefficient (Wildman–Crippen LogP) is 2.56. The normalized spacial score (nSPS) is 11.1. The molecule has 0 aliphatic rings. The molecule has 1 amide bonds. The molecule has 0 saturated carbocycles. The summed E-state index contributed by atoms with van der Waals surface area (Å²) in [5.74, 6) is -0.169. The van der Waals surface area contributed by atoms with Gasteiger partial charge in [0.05, 0.1) is 0 Å². The molecule has 2 aromatic rings. The third kappa shape index (κ3) is 3.75. The molecule has 0 heterocycles. The highest BCUT2D eigenvalue weighted by atomic mass is 16.1. The molecule has 5 N–H and O–H groups in total. The van der Waals surface area contributed by atoms with Crippen molar-refractivity contribution < 1.29 is 4.79 Å². The zero-order valence-electron chi connectivity index (χ0n) is 12.4. The first-order chi connectivity index (χ1) is 9.88. The molecule has 0 spiro atoms. The van der Waals surface area contributed by atoms with Gasteiger partial charge in [-0.1, -0.05) is 44.2 Å². The van der Waals surface area contributed by atoms with Gasteiger partial charge in [0.1, 0.15) is 0 Å². The van der Waals surface area contributed by atoms with E-state index in [-0.39, 0.29) is 11.3 Å². The molecule has 0 saturated heterocycles. The second-order valence-corrected chi connectivity index (χ2v) is 5.82. The fraction of sp³-hybridized carbons (Fsp3) is 0.235. The molecule has 2 rings (SSSR count). The van der Waals surface area contributed by atoms with Crippen LogP contribution in [0.25, 0.3) is 0 Å². The summed E-state index contributed by atoms with van der Waals surface area (Å²) < 4.78 is 0. The van der Waals surface area contributed by atoms with Crippen molar-refractivity contribution in [1.82, 2.24) is 5.32 Å². The number of nitrogen functional groups attached to an aromatic ring is 2. The van der Waals surface area contributed by atoms with E-state index in [2.05, 4.69) is 31.3 Å². The number of hydrogen-bond acceptors (Lipinski definition) is 3. The van der Waals surface area contributed by atoms with Gasteiger partial charge in [-0.3, -0.25) is 4.79 Å². The lowest BCUT2D eigenvalue weighted by atomic mass is 9.84. The number of rotatable bonds is 4. The molecule has 4 nitrogen and oxygen atoms in total. The van der Waals surface area contributed by atoms with Gasteiger partial charge in [0.2, 0.25) is 0 Å². The van der Waals surface area contributed by atoms with Gasteiger partial charge in [0.15, 0.2) is 0 Å². The van der Waals surface area contributed by atoms with Crippen molar-refractivity contribution in [2.75, 3.05) is 18.0 Å². The van der Waals surface area contributed by atoms with Gasteiger partial charge in [-0.15, -0.1) is 0 Å². The molecule has 0 bridgehead atoms. The number of benzene rings is 2. The molecule has 0 aromatic heterocycles. The van der Waals surface area contributed by atoms with Crippen molar-refractivity contribution in [3.63, 3.8) is 0 Å². The predicted molar refractivity (Wildman–Crippen MR) is 87.1 cm³/mol. The Labute approximate surface area is 125 Å². The average molecular weight is 283 g/mol. The van der Waals surface area contributed by atoms with Crippen LogP contribution in [0.3, 0.4) is 0 Å². The number of carbonyl (C=O) groups excluding carboxylic acids is 1. The van der Waals surface area contributed by atoms with Crippen molar-refractivity contribution in [1.29, 1.82) is 0 Å². The molecule has 2 aromatic carbocycles. The highest BCUT2D eigenvalue weighted by Crippen LogP contribution is 2.22. The van der Waals surface area contributed by atoms with E-state index in [4.69, 9.17) is 11.5 Å². The Morgan fingerprint density at radius 1 is 1.05 bits per heavy atom. The van der Waals surface area contributed by atoms with E-state index in [0.717, 1.165) is 0 Å². The molecular formula is C17H21N3O. The van der Waals surface area contributed by atoms with Crippen LogP contribution >= 0.6 is 0 Å². The summed E-state index contributed by atoms with van der Waals surface area (Å²) in [6.45, 7) is 4.72. The molecule has 4 heteroatoms. The maximum Gasteiger partial charge on any atom is 0.251 e. The van der Waals surface area contributed by atoms with Crippen LogP contribution in [-0.4, -0.2) is 12.5 Å². The average Bonchev–Trinajstić information content (AvgIpc) is 2.45. The molecule has 110 valence electrons. The van der Waals surface area contributed by atoms with E-state index in [9.17, 15) is 4.79 Å². The molecule has 0 aliphatic carbocycles. The lowest BCUT2D eigenvalue weighted by molar-refractivity contribution is 0.0945. The molecule has 0 unspecified atom stereocenters. The molecule has 0 atom stereocenters. The van der Waals surface area contributed by atoms with Crippen molar-refractivity contribution in [3.05, 3.63) is 59.7 Å². The highest BCUT2D eigenvalue weighted by molar-refractivity contribution is 5.96. The van der Waals surface area contributed by atoms with Crippen LogP contribution in [0, 0.1) is 0 Å². The highest BCUT2D eigenvalue weighted by Gasteiger charge is 2.21. The smallest absolute Gasteiger partial charge is 0.251 e. The monoisotopic (exact) mass is 283 g/mol. The minimum atomic E-state index is -0.169. The Morgan fingerprint density at radius 2 is 1.62 bits per heavy atom. The summed E-state index contributed by atoms with van der Waals surface area (Å²) in [4.78, 5) is 12.2. The number of amides is 1. The van der Waals surface area contributed by atoms with E-state index >= 15 is 0 Å². The summed E-state index contributed by atoms with van der Waals surface area (Å²) in [5, 5.41) is 2.94. The summed E-state index contributed by atoms with van der Waals surface area (Å²) in [7, 11) is 0. The number of nitrogens with two attached hydrogens (primary N) is 2. The Kier molecular flexibility index (Phi) is 4.17. The Hall–Kier alpha value is -2.49. The number of hydrogen-bond donors (Lipinski definition) is 3. The van der Waals surface area contributed by atoms with Crippen LogP contribution in [0.2, 0.25) is 0 Å². The zero-order chi connectivity index (χ0) is 15.5. The maximum absolute atomic E-state index is 12.2. The van der Waals surface area contributed by atoms with Crippen LogP contribution in [0.4, 0.5) is 11.4 Å². The number of carbonyl (C=O) groups is 1.